The van der Waals surface area contributed by atoms with Crippen LogP contribution in [0.3, 0.4) is 0 Å². The molecule has 1 heterocycles. The van der Waals surface area contributed by atoms with Gasteiger partial charge in [0.05, 0.1) is 17.9 Å². The van der Waals surface area contributed by atoms with Crippen LogP contribution in [0.4, 0.5) is 0 Å². The number of hydrogen-bond acceptors (Lipinski definition) is 5. The van der Waals surface area contributed by atoms with Crippen molar-refractivity contribution in [3.63, 3.8) is 0 Å². The fourth-order valence-corrected chi connectivity index (χ4v) is 6.78. The van der Waals surface area contributed by atoms with Gasteiger partial charge in [-0.3, -0.25) is 0 Å². The van der Waals surface area contributed by atoms with E-state index in [-0.39, 0.29) is 0 Å². The molecule has 3 rings (SSSR count). The molecule has 2 aromatic rings. The molecule has 0 saturated heterocycles. The SMILES string of the molecule is Brc1cc(Br)c(OC2N=CN=CN2Oc2c(Br)cc(Br)cc2Br)c(Br)c1. The van der Waals surface area contributed by atoms with E-state index >= 15 is 0 Å². The third-order valence-corrected chi connectivity index (χ3v) is 6.28. The molecule has 0 amide bonds. The first-order valence-electron chi connectivity index (χ1n) is 6.82. The largest absolute Gasteiger partial charge is 0.445 e. The molecule has 0 fully saturated rings. The Morgan fingerprint density at radius 2 is 1.27 bits per heavy atom. The molecule has 26 heavy (non-hydrogen) atoms. The zero-order chi connectivity index (χ0) is 18.8. The minimum absolute atomic E-state index is 0.569. The number of halogens is 6. The summed E-state index contributed by atoms with van der Waals surface area (Å²) >= 11 is 20.8. The average molecular weight is 741 g/mol. The van der Waals surface area contributed by atoms with E-state index < -0.39 is 6.35 Å². The predicted octanol–water partition coefficient (Wildman–Crippen LogP) is 7.29. The van der Waals surface area contributed by atoms with Crippen LogP contribution in [0.1, 0.15) is 0 Å². The molecule has 5 nitrogen and oxygen atoms in total. The van der Waals surface area contributed by atoms with E-state index in [1.807, 2.05) is 24.3 Å². The lowest BCUT2D eigenvalue weighted by molar-refractivity contribution is -0.0934. The van der Waals surface area contributed by atoms with Gasteiger partial charge in [0.1, 0.15) is 12.7 Å². The highest BCUT2D eigenvalue weighted by atomic mass is 79.9. The Balaban J connectivity index is 1.86. The number of hydrogen-bond donors (Lipinski definition) is 0. The molecular weight excluding hydrogens is 734 g/mol. The van der Waals surface area contributed by atoms with Crippen molar-refractivity contribution in [2.75, 3.05) is 0 Å². The fourth-order valence-electron chi connectivity index (χ4n) is 1.93. The first kappa shape index (κ1) is 20.8. The minimum atomic E-state index is -0.760. The number of nitrogens with zero attached hydrogens (tertiary/aromatic N) is 3. The van der Waals surface area contributed by atoms with Crippen LogP contribution in [0.15, 0.2) is 61.1 Å². The predicted molar refractivity (Wildman–Crippen MR) is 123 cm³/mol. The number of ether oxygens (including phenoxy) is 1. The molecule has 0 bridgehead atoms. The Bertz CT molecular complexity index is 785. The Hall–Kier alpha value is 0.0600. The van der Waals surface area contributed by atoms with Crippen LogP contribution in [-0.2, 0) is 0 Å². The third-order valence-electron chi connectivity index (χ3n) is 3.01. The van der Waals surface area contributed by atoms with Crippen LogP contribution < -0.4 is 9.57 Å². The summed E-state index contributed by atoms with van der Waals surface area (Å²) in [4.78, 5) is 14.2. The molecule has 0 spiro atoms. The monoisotopic (exact) mass is 735 g/mol. The molecule has 136 valence electrons. The Morgan fingerprint density at radius 3 is 1.81 bits per heavy atom. The van der Waals surface area contributed by atoms with Crippen molar-refractivity contribution in [1.82, 2.24) is 5.06 Å². The van der Waals surface area contributed by atoms with Crippen LogP contribution in [-0.4, -0.2) is 24.1 Å². The Morgan fingerprint density at radius 1 is 0.769 bits per heavy atom. The van der Waals surface area contributed by atoms with Crippen LogP contribution >= 0.6 is 95.6 Å². The minimum Gasteiger partial charge on any atom is -0.445 e. The van der Waals surface area contributed by atoms with Crippen LogP contribution in [0.5, 0.6) is 11.5 Å². The van der Waals surface area contributed by atoms with E-state index in [0.717, 1.165) is 26.8 Å². The Labute approximate surface area is 200 Å². The van der Waals surface area contributed by atoms with Gasteiger partial charge in [0, 0.05) is 8.95 Å². The van der Waals surface area contributed by atoms with Gasteiger partial charge in [-0.15, -0.1) is 5.06 Å². The second-order valence-electron chi connectivity index (χ2n) is 4.82. The van der Waals surface area contributed by atoms with Crippen LogP contribution in [0, 0.1) is 0 Å². The molecule has 1 unspecified atom stereocenters. The standard InChI is InChI=1S/C15H7Br6N3O2/c16-7-1-9(18)13(10(19)2-7)25-15-23-5-22-6-24(15)26-14-11(20)3-8(17)4-12(14)21/h1-6,15H. The summed E-state index contributed by atoms with van der Waals surface area (Å²) in [6.45, 7) is 0. The van der Waals surface area contributed by atoms with E-state index in [1.165, 1.54) is 17.7 Å². The number of aliphatic imine (C=N–C) groups is 2. The van der Waals surface area contributed by atoms with Gasteiger partial charge in [-0.2, -0.15) is 0 Å². The smallest absolute Gasteiger partial charge is 0.304 e. The van der Waals surface area contributed by atoms with Crippen molar-refractivity contribution < 1.29 is 9.57 Å². The van der Waals surface area contributed by atoms with Crippen molar-refractivity contribution in [3.8, 4) is 11.5 Å². The van der Waals surface area contributed by atoms with Crippen molar-refractivity contribution >= 4 is 108 Å². The zero-order valence-corrected chi connectivity index (χ0v) is 22.0. The molecule has 2 aromatic carbocycles. The zero-order valence-electron chi connectivity index (χ0n) is 12.5. The summed E-state index contributed by atoms with van der Waals surface area (Å²) in [7, 11) is 0. The maximum atomic E-state index is 6.02. The lowest BCUT2D eigenvalue weighted by Gasteiger charge is -2.29. The van der Waals surface area contributed by atoms with Gasteiger partial charge in [0.2, 0.25) is 0 Å². The molecule has 11 heteroatoms. The maximum absolute atomic E-state index is 6.02. The van der Waals surface area contributed by atoms with Gasteiger partial charge in [-0.1, -0.05) is 31.9 Å². The molecule has 0 radical (unpaired) electrons. The number of benzene rings is 2. The maximum Gasteiger partial charge on any atom is 0.304 e. The van der Waals surface area contributed by atoms with Gasteiger partial charge in [0.15, 0.2) is 11.5 Å². The molecule has 0 aliphatic carbocycles. The second-order valence-corrected chi connectivity index (χ2v) is 10.1. The molecule has 0 saturated carbocycles. The molecular formula is C15H7Br6N3O2. The highest BCUT2D eigenvalue weighted by Gasteiger charge is 2.25. The van der Waals surface area contributed by atoms with E-state index in [0.29, 0.717) is 11.5 Å². The molecule has 0 N–H and O–H groups in total. The van der Waals surface area contributed by atoms with Crippen molar-refractivity contribution in [3.05, 3.63) is 51.1 Å². The summed E-state index contributed by atoms with van der Waals surface area (Å²) in [6, 6.07) is 7.52. The summed E-state index contributed by atoms with van der Waals surface area (Å²) < 4.78 is 10.9. The van der Waals surface area contributed by atoms with Gasteiger partial charge < -0.3 is 9.57 Å². The second kappa shape index (κ2) is 9.04. The van der Waals surface area contributed by atoms with Crippen LogP contribution in [0.2, 0.25) is 0 Å². The molecule has 0 aromatic heterocycles. The van der Waals surface area contributed by atoms with Gasteiger partial charge >= 0.3 is 6.35 Å². The summed E-state index contributed by atoms with van der Waals surface area (Å²) in [5.41, 5.74) is 0. The normalized spacial score (nSPS) is 16.1. The van der Waals surface area contributed by atoms with Crippen LogP contribution in [0.25, 0.3) is 0 Å². The van der Waals surface area contributed by atoms with Gasteiger partial charge in [-0.25, -0.2) is 9.98 Å². The number of rotatable bonds is 4. The summed E-state index contributed by atoms with van der Waals surface area (Å²) in [5.74, 6) is 1.16. The average Bonchev–Trinajstić information content (AvgIpc) is 2.55. The van der Waals surface area contributed by atoms with Gasteiger partial charge in [-0.05, 0) is 88.0 Å². The first-order chi connectivity index (χ1) is 12.3. The van der Waals surface area contributed by atoms with E-state index in [1.54, 1.807) is 0 Å². The van der Waals surface area contributed by atoms with E-state index in [9.17, 15) is 0 Å². The lowest BCUT2D eigenvalue weighted by Crippen LogP contribution is -2.41. The third kappa shape index (κ3) is 4.91. The molecule has 1 atom stereocenters. The fraction of sp³-hybridized carbons (Fsp3) is 0.0667. The highest BCUT2D eigenvalue weighted by Crippen LogP contribution is 2.39. The van der Waals surface area contributed by atoms with Crippen molar-refractivity contribution in [2.24, 2.45) is 9.98 Å². The van der Waals surface area contributed by atoms with Crippen molar-refractivity contribution in [2.45, 2.75) is 6.35 Å². The van der Waals surface area contributed by atoms with Gasteiger partial charge in [0.25, 0.3) is 0 Å². The summed E-state index contributed by atoms with van der Waals surface area (Å²) in [6.07, 6.45) is 2.15. The van der Waals surface area contributed by atoms with E-state index in [2.05, 4.69) is 106 Å². The number of hydroxylamine groups is 2. The first-order valence-corrected chi connectivity index (χ1v) is 11.6. The molecule has 1 aliphatic rings. The lowest BCUT2D eigenvalue weighted by atomic mass is 10.3. The Kier molecular flexibility index (Phi) is 7.23. The van der Waals surface area contributed by atoms with E-state index in [4.69, 9.17) is 9.57 Å². The highest BCUT2D eigenvalue weighted by molar-refractivity contribution is 9.12. The molecule has 1 aliphatic heterocycles. The quantitative estimate of drug-likeness (QED) is 0.331. The van der Waals surface area contributed by atoms with Crippen molar-refractivity contribution in [1.29, 1.82) is 0 Å². The topological polar surface area (TPSA) is 46.4 Å². The summed E-state index contributed by atoms with van der Waals surface area (Å²) in [5, 5.41) is 1.42.